The fourth-order valence-electron chi connectivity index (χ4n) is 3.02. The smallest absolute Gasteiger partial charge is 0.417 e. The van der Waals surface area contributed by atoms with Crippen molar-refractivity contribution >= 4 is 5.97 Å². The molecule has 1 aliphatic rings. The Morgan fingerprint density at radius 2 is 1.92 bits per heavy atom. The Hall–Kier alpha value is -2.28. The second kappa shape index (κ2) is 7.53. The quantitative estimate of drug-likeness (QED) is 0.729. The molecule has 0 bridgehead atoms. The van der Waals surface area contributed by atoms with E-state index in [1.165, 1.54) is 12.1 Å². The van der Waals surface area contributed by atoms with Crippen LogP contribution in [0, 0.1) is 0 Å². The summed E-state index contributed by atoms with van der Waals surface area (Å²) in [5.41, 5.74) is -0.698. The highest BCUT2D eigenvalue weighted by molar-refractivity contribution is 5.66. The lowest BCUT2D eigenvalue weighted by atomic mass is 10.1. The number of carboxylic acid groups (broad SMARTS) is 1. The molecule has 4 nitrogen and oxygen atoms in total. The van der Waals surface area contributed by atoms with E-state index in [0.717, 1.165) is 18.9 Å². The van der Waals surface area contributed by atoms with Gasteiger partial charge in [0, 0.05) is 18.0 Å². The Labute approximate surface area is 149 Å². The van der Waals surface area contributed by atoms with Crippen molar-refractivity contribution in [1.82, 2.24) is 4.90 Å². The highest BCUT2D eigenvalue weighted by atomic mass is 19.4. The van der Waals surface area contributed by atoms with Gasteiger partial charge in [0.25, 0.3) is 0 Å². The fraction of sp³-hybridized carbons (Fsp3) is 0.421. The number of carbonyl (C=O) groups is 1. The molecular weight excluding hydrogens is 347 g/mol. The van der Waals surface area contributed by atoms with Gasteiger partial charge in [-0.3, -0.25) is 9.69 Å². The largest absolute Gasteiger partial charge is 0.481 e. The maximum absolute atomic E-state index is 13.2. The van der Waals surface area contributed by atoms with E-state index in [1.54, 1.807) is 18.2 Å². The fourth-order valence-corrected chi connectivity index (χ4v) is 3.02. The highest BCUT2D eigenvalue weighted by Gasteiger charge is 2.34. The summed E-state index contributed by atoms with van der Waals surface area (Å²) in [6.45, 7) is 1.10. The average molecular weight is 367 g/mol. The third-order valence-electron chi connectivity index (χ3n) is 4.42. The maximum atomic E-state index is 13.2. The first-order valence-corrected chi connectivity index (χ1v) is 8.56. The number of rotatable bonds is 8. The van der Waals surface area contributed by atoms with Crippen molar-refractivity contribution in [3.8, 4) is 11.3 Å². The number of alkyl halides is 3. The summed E-state index contributed by atoms with van der Waals surface area (Å²) in [6.07, 6.45) is -1.70. The number of hydrogen-bond donors (Lipinski definition) is 1. The SMILES string of the molecule is O=C(O)CCCN(Cc1ccc(-c2ccccc2C(F)(F)F)o1)C1CC1. The first-order chi connectivity index (χ1) is 12.3. The van der Waals surface area contributed by atoms with Gasteiger partial charge >= 0.3 is 12.1 Å². The molecule has 0 aliphatic heterocycles. The first-order valence-electron chi connectivity index (χ1n) is 8.56. The molecule has 26 heavy (non-hydrogen) atoms. The van der Waals surface area contributed by atoms with Gasteiger partial charge in [0.15, 0.2) is 0 Å². The minimum Gasteiger partial charge on any atom is -0.481 e. The van der Waals surface area contributed by atoms with Gasteiger partial charge in [-0.1, -0.05) is 18.2 Å². The summed E-state index contributed by atoms with van der Waals surface area (Å²) in [5, 5.41) is 8.76. The van der Waals surface area contributed by atoms with Gasteiger partial charge in [0.05, 0.1) is 12.1 Å². The Morgan fingerprint density at radius 1 is 1.19 bits per heavy atom. The molecular formula is C19H20F3NO3. The Bertz CT molecular complexity index is 765. The van der Waals surface area contributed by atoms with Crippen molar-refractivity contribution in [3.05, 3.63) is 47.7 Å². The van der Waals surface area contributed by atoms with E-state index in [4.69, 9.17) is 9.52 Å². The van der Waals surface area contributed by atoms with E-state index in [1.807, 2.05) is 0 Å². The zero-order chi connectivity index (χ0) is 18.7. The molecule has 1 aromatic carbocycles. The first kappa shape index (κ1) is 18.5. The second-order valence-electron chi connectivity index (χ2n) is 6.51. The zero-order valence-corrected chi connectivity index (χ0v) is 14.1. The Kier molecular flexibility index (Phi) is 5.36. The molecule has 3 rings (SSSR count). The normalized spacial score (nSPS) is 14.8. The Balaban J connectivity index is 1.72. The van der Waals surface area contributed by atoms with Crippen LogP contribution in [0.1, 0.15) is 37.0 Å². The van der Waals surface area contributed by atoms with Gasteiger partial charge in [-0.2, -0.15) is 13.2 Å². The minimum absolute atomic E-state index is 0.0232. The predicted octanol–water partition coefficient (Wildman–Crippen LogP) is 4.79. The summed E-state index contributed by atoms with van der Waals surface area (Å²) in [5.74, 6) is -0.0572. The highest BCUT2D eigenvalue weighted by Crippen LogP contribution is 2.38. The molecule has 7 heteroatoms. The third kappa shape index (κ3) is 4.66. The molecule has 1 aromatic heterocycles. The lowest BCUT2D eigenvalue weighted by Crippen LogP contribution is -2.26. The van der Waals surface area contributed by atoms with Gasteiger partial charge < -0.3 is 9.52 Å². The lowest BCUT2D eigenvalue weighted by Gasteiger charge is -2.20. The number of hydrogen-bond acceptors (Lipinski definition) is 3. The van der Waals surface area contributed by atoms with Crippen LogP contribution < -0.4 is 0 Å². The molecule has 2 aromatic rings. The lowest BCUT2D eigenvalue weighted by molar-refractivity contribution is -0.138. The third-order valence-corrected chi connectivity index (χ3v) is 4.42. The Morgan fingerprint density at radius 3 is 2.58 bits per heavy atom. The van der Waals surface area contributed by atoms with Gasteiger partial charge in [0.1, 0.15) is 11.5 Å². The predicted molar refractivity (Wildman–Crippen MR) is 89.4 cm³/mol. The monoisotopic (exact) mass is 367 g/mol. The standard InChI is InChI=1S/C19H20F3NO3/c20-19(21,22)16-5-2-1-4-15(16)17-10-9-14(26-17)12-23(13-7-8-13)11-3-6-18(24)25/h1-2,4-5,9-10,13H,3,6-8,11-12H2,(H,24,25). The van der Waals surface area contributed by atoms with Gasteiger partial charge in [-0.15, -0.1) is 0 Å². The molecule has 1 saturated carbocycles. The van der Waals surface area contributed by atoms with Crippen molar-refractivity contribution in [2.75, 3.05) is 6.54 Å². The minimum atomic E-state index is -4.44. The van der Waals surface area contributed by atoms with Gasteiger partial charge in [0.2, 0.25) is 0 Å². The molecule has 0 atom stereocenters. The second-order valence-corrected chi connectivity index (χ2v) is 6.51. The number of benzene rings is 1. The van der Waals surface area contributed by atoms with E-state index in [-0.39, 0.29) is 17.7 Å². The van der Waals surface area contributed by atoms with Crippen LogP contribution in [0.3, 0.4) is 0 Å². The van der Waals surface area contributed by atoms with Crippen molar-refractivity contribution in [2.24, 2.45) is 0 Å². The van der Waals surface area contributed by atoms with Crippen molar-refractivity contribution in [3.63, 3.8) is 0 Å². The van der Waals surface area contributed by atoms with E-state index in [2.05, 4.69) is 4.90 Å². The summed E-state index contributed by atoms with van der Waals surface area (Å²) in [7, 11) is 0. The van der Waals surface area contributed by atoms with Crippen LogP contribution in [-0.2, 0) is 17.5 Å². The summed E-state index contributed by atoms with van der Waals surface area (Å²) < 4.78 is 45.2. The molecule has 0 saturated heterocycles. The molecule has 1 aliphatic carbocycles. The number of carboxylic acids is 1. The summed E-state index contributed by atoms with van der Waals surface area (Å²) in [6, 6.07) is 9.00. The van der Waals surface area contributed by atoms with Gasteiger partial charge in [-0.05, 0) is 44.0 Å². The van der Waals surface area contributed by atoms with Crippen molar-refractivity contribution in [1.29, 1.82) is 0 Å². The molecule has 0 unspecified atom stereocenters. The van der Waals surface area contributed by atoms with E-state index < -0.39 is 17.7 Å². The van der Waals surface area contributed by atoms with Crippen LogP contribution in [0.4, 0.5) is 13.2 Å². The number of furan rings is 1. The van der Waals surface area contributed by atoms with E-state index in [0.29, 0.717) is 31.3 Å². The zero-order valence-electron chi connectivity index (χ0n) is 14.1. The molecule has 0 amide bonds. The van der Waals surface area contributed by atoms with Crippen LogP contribution in [0.2, 0.25) is 0 Å². The molecule has 1 heterocycles. The molecule has 0 radical (unpaired) electrons. The maximum Gasteiger partial charge on any atom is 0.417 e. The topological polar surface area (TPSA) is 53.7 Å². The van der Waals surface area contributed by atoms with E-state index in [9.17, 15) is 18.0 Å². The van der Waals surface area contributed by atoms with Crippen molar-refractivity contribution < 1.29 is 27.5 Å². The molecule has 1 N–H and O–H groups in total. The van der Waals surface area contributed by atoms with Gasteiger partial charge in [-0.25, -0.2) is 0 Å². The number of halogens is 3. The van der Waals surface area contributed by atoms with Crippen LogP contribution in [0.15, 0.2) is 40.8 Å². The summed E-state index contributed by atoms with van der Waals surface area (Å²) >= 11 is 0. The van der Waals surface area contributed by atoms with E-state index >= 15 is 0 Å². The van der Waals surface area contributed by atoms with Crippen molar-refractivity contribution in [2.45, 2.75) is 44.4 Å². The molecule has 0 spiro atoms. The average Bonchev–Trinajstić information content (AvgIpc) is 3.32. The number of aliphatic carboxylic acids is 1. The number of nitrogens with zero attached hydrogens (tertiary/aromatic N) is 1. The van der Waals surface area contributed by atoms with Crippen LogP contribution in [0.25, 0.3) is 11.3 Å². The van der Waals surface area contributed by atoms with Crippen LogP contribution in [0.5, 0.6) is 0 Å². The molecule has 1 fully saturated rings. The van der Waals surface area contributed by atoms with Crippen LogP contribution in [-0.4, -0.2) is 28.6 Å². The molecule has 140 valence electrons. The summed E-state index contributed by atoms with van der Waals surface area (Å²) in [4.78, 5) is 12.8. The van der Waals surface area contributed by atoms with Crippen LogP contribution >= 0.6 is 0 Å².